The summed E-state index contributed by atoms with van der Waals surface area (Å²) in [6, 6.07) is 16.8. The maximum Gasteiger partial charge on any atom is 0.343 e. The van der Waals surface area contributed by atoms with E-state index in [-0.39, 0.29) is 5.97 Å². The largest absolute Gasteiger partial charge is 0.423 e. The molecule has 0 unspecified atom stereocenters. The molecule has 1 saturated heterocycles. The van der Waals surface area contributed by atoms with Crippen molar-refractivity contribution in [3.05, 3.63) is 60.2 Å². The molecule has 0 amide bonds. The van der Waals surface area contributed by atoms with Crippen molar-refractivity contribution in [3.8, 4) is 5.75 Å². The predicted octanol–water partition coefficient (Wildman–Crippen LogP) is 3.51. The minimum atomic E-state index is -0.308. The van der Waals surface area contributed by atoms with E-state index >= 15 is 0 Å². The first kappa shape index (κ1) is 12.7. The van der Waals surface area contributed by atoms with Crippen molar-refractivity contribution in [2.45, 2.75) is 12.8 Å². The Labute approximate surface area is 118 Å². The second-order valence-electron chi connectivity index (χ2n) is 4.95. The van der Waals surface area contributed by atoms with Crippen LogP contribution in [0.2, 0.25) is 0 Å². The molecule has 1 heterocycles. The number of esters is 1. The van der Waals surface area contributed by atoms with Crippen LogP contribution >= 0.6 is 0 Å². The number of ether oxygens (including phenoxy) is 1. The summed E-state index contributed by atoms with van der Waals surface area (Å²) in [4.78, 5) is 14.4. The van der Waals surface area contributed by atoms with E-state index in [2.05, 4.69) is 4.90 Å². The van der Waals surface area contributed by atoms with Crippen LogP contribution in [0.15, 0.2) is 54.6 Å². The van der Waals surface area contributed by atoms with Gasteiger partial charge in [-0.2, -0.15) is 0 Å². The summed E-state index contributed by atoms with van der Waals surface area (Å²) in [6.45, 7) is 2.13. The lowest BCUT2D eigenvalue weighted by molar-refractivity contribution is 0.0735. The van der Waals surface area contributed by atoms with Gasteiger partial charge in [0.25, 0.3) is 0 Å². The van der Waals surface area contributed by atoms with Crippen molar-refractivity contribution >= 4 is 11.7 Å². The monoisotopic (exact) mass is 267 g/mol. The molecule has 3 rings (SSSR count). The van der Waals surface area contributed by atoms with E-state index in [1.165, 1.54) is 12.8 Å². The van der Waals surface area contributed by atoms with Crippen molar-refractivity contribution in [3.63, 3.8) is 0 Å². The van der Waals surface area contributed by atoms with Crippen LogP contribution in [0.4, 0.5) is 5.69 Å². The van der Waals surface area contributed by atoms with Crippen LogP contribution in [-0.2, 0) is 0 Å². The van der Waals surface area contributed by atoms with Crippen LogP contribution in [0, 0.1) is 0 Å². The number of benzene rings is 2. The van der Waals surface area contributed by atoms with Crippen LogP contribution in [-0.4, -0.2) is 19.1 Å². The zero-order valence-corrected chi connectivity index (χ0v) is 11.3. The summed E-state index contributed by atoms with van der Waals surface area (Å²) in [5, 5.41) is 0. The van der Waals surface area contributed by atoms with Gasteiger partial charge in [-0.3, -0.25) is 0 Å². The predicted molar refractivity (Wildman–Crippen MR) is 79.3 cm³/mol. The van der Waals surface area contributed by atoms with E-state index in [1.807, 2.05) is 36.4 Å². The number of hydrogen-bond donors (Lipinski definition) is 0. The second kappa shape index (κ2) is 5.78. The minimum absolute atomic E-state index is 0.308. The van der Waals surface area contributed by atoms with Crippen LogP contribution in [0.3, 0.4) is 0 Å². The quantitative estimate of drug-likeness (QED) is 0.629. The van der Waals surface area contributed by atoms with E-state index in [0.29, 0.717) is 11.3 Å². The third-order valence-corrected chi connectivity index (χ3v) is 3.51. The molecule has 2 aromatic rings. The van der Waals surface area contributed by atoms with Crippen LogP contribution < -0.4 is 9.64 Å². The first-order valence-electron chi connectivity index (χ1n) is 6.95. The van der Waals surface area contributed by atoms with Crippen LogP contribution in [0.25, 0.3) is 0 Å². The Morgan fingerprint density at radius 3 is 2.45 bits per heavy atom. The third-order valence-electron chi connectivity index (χ3n) is 3.51. The number of hydrogen-bond acceptors (Lipinski definition) is 3. The van der Waals surface area contributed by atoms with Gasteiger partial charge in [0.05, 0.1) is 5.56 Å². The van der Waals surface area contributed by atoms with Gasteiger partial charge in [0, 0.05) is 18.8 Å². The summed E-state index contributed by atoms with van der Waals surface area (Å²) in [5.74, 6) is 0.265. The fourth-order valence-corrected chi connectivity index (χ4v) is 2.46. The lowest BCUT2D eigenvalue weighted by Gasteiger charge is -2.18. The standard InChI is InChI=1S/C17H17NO2/c19-17(20-16-9-2-1-3-10-16)14-7-6-8-15(13-14)18-11-4-5-12-18/h1-3,6-10,13H,4-5,11-12H2. The zero-order chi connectivity index (χ0) is 13.8. The molecule has 102 valence electrons. The summed E-state index contributed by atoms with van der Waals surface area (Å²) in [5.41, 5.74) is 1.70. The molecular weight excluding hydrogens is 250 g/mol. The van der Waals surface area contributed by atoms with Crippen molar-refractivity contribution in [1.82, 2.24) is 0 Å². The maximum absolute atomic E-state index is 12.1. The van der Waals surface area contributed by atoms with Gasteiger partial charge >= 0.3 is 5.97 Å². The van der Waals surface area contributed by atoms with Crippen molar-refractivity contribution in [1.29, 1.82) is 0 Å². The fraction of sp³-hybridized carbons (Fsp3) is 0.235. The van der Waals surface area contributed by atoms with Crippen LogP contribution in [0.5, 0.6) is 5.75 Å². The lowest BCUT2D eigenvalue weighted by atomic mass is 10.2. The molecule has 1 fully saturated rings. The summed E-state index contributed by atoms with van der Waals surface area (Å²) in [7, 11) is 0. The van der Waals surface area contributed by atoms with E-state index < -0.39 is 0 Å². The van der Waals surface area contributed by atoms with E-state index in [4.69, 9.17) is 4.74 Å². The highest BCUT2D eigenvalue weighted by atomic mass is 16.5. The average Bonchev–Trinajstić information content (AvgIpc) is 3.03. The Hall–Kier alpha value is -2.29. The molecule has 2 aromatic carbocycles. The highest BCUT2D eigenvalue weighted by Gasteiger charge is 2.15. The van der Waals surface area contributed by atoms with Gasteiger partial charge in [0.2, 0.25) is 0 Å². The molecular formula is C17H17NO2. The van der Waals surface area contributed by atoms with Crippen molar-refractivity contribution in [2.24, 2.45) is 0 Å². The maximum atomic E-state index is 12.1. The van der Waals surface area contributed by atoms with Gasteiger partial charge in [-0.25, -0.2) is 4.79 Å². The van der Waals surface area contributed by atoms with Gasteiger partial charge in [-0.1, -0.05) is 24.3 Å². The summed E-state index contributed by atoms with van der Waals surface area (Å²) in [6.07, 6.45) is 2.44. The molecule has 1 aliphatic heterocycles. The van der Waals surface area contributed by atoms with Crippen molar-refractivity contribution < 1.29 is 9.53 Å². The third kappa shape index (κ3) is 2.82. The molecule has 0 spiro atoms. The molecule has 0 atom stereocenters. The van der Waals surface area contributed by atoms with E-state index in [9.17, 15) is 4.79 Å². The smallest absolute Gasteiger partial charge is 0.343 e. The molecule has 20 heavy (non-hydrogen) atoms. The lowest BCUT2D eigenvalue weighted by Crippen LogP contribution is -2.18. The Morgan fingerprint density at radius 1 is 0.950 bits per heavy atom. The number of carbonyl (C=O) groups is 1. The van der Waals surface area contributed by atoms with Gasteiger partial charge in [-0.15, -0.1) is 0 Å². The van der Waals surface area contributed by atoms with Gasteiger partial charge in [0.15, 0.2) is 0 Å². The molecule has 0 N–H and O–H groups in total. The van der Waals surface area contributed by atoms with Gasteiger partial charge < -0.3 is 9.64 Å². The Kier molecular flexibility index (Phi) is 3.68. The highest BCUT2D eigenvalue weighted by Crippen LogP contribution is 2.22. The number of carbonyl (C=O) groups excluding carboxylic acids is 1. The number of para-hydroxylation sites is 1. The number of anilines is 1. The summed E-state index contributed by atoms with van der Waals surface area (Å²) < 4.78 is 5.36. The molecule has 3 nitrogen and oxygen atoms in total. The topological polar surface area (TPSA) is 29.5 Å². The molecule has 1 aliphatic rings. The first-order chi connectivity index (χ1) is 9.83. The minimum Gasteiger partial charge on any atom is -0.423 e. The van der Waals surface area contributed by atoms with Crippen molar-refractivity contribution in [2.75, 3.05) is 18.0 Å². The average molecular weight is 267 g/mol. The van der Waals surface area contributed by atoms with Gasteiger partial charge in [-0.05, 0) is 43.2 Å². The molecule has 3 heteroatoms. The van der Waals surface area contributed by atoms with E-state index in [0.717, 1.165) is 18.8 Å². The fourth-order valence-electron chi connectivity index (χ4n) is 2.46. The SMILES string of the molecule is O=C(Oc1ccccc1)c1cccc(N2CCCC2)c1. The Morgan fingerprint density at radius 2 is 1.70 bits per heavy atom. The molecule has 0 aromatic heterocycles. The van der Waals surface area contributed by atoms with E-state index in [1.54, 1.807) is 18.2 Å². The summed E-state index contributed by atoms with van der Waals surface area (Å²) >= 11 is 0. The highest BCUT2D eigenvalue weighted by molar-refractivity contribution is 5.92. The molecule has 0 bridgehead atoms. The molecule has 0 radical (unpaired) electrons. The van der Waals surface area contributed by atoms with Gasteiger partial charge in [0.1, 0.15) is 5.75 Å². The Bertz CT molecular complexity index is 589. The molecule has 0 aliphatic carbocycles. The number of rotatable bonds is 3. The number of nitrogens with zero attached hydrogens (tertiary/aromatic N) is 1. The van der Waals surface area contributed by atoms with Crippen LogP contribution in [0.1, 0.15) is 23.2 Å². The second-order valence-corrected chi connectivity index (χ2v) is 4.95. The zero-order valence-electron chi connectivity index (χ0n) is 11.3. The molecule has 0 saturated carbocycles. The normalized spacial score (nSPS) is 14.3. The Balaban J connectivity index is 1.76. The first-order valence-corrected chi connectivity index (χ1v) is 6.95.